The summed E-state index contributed by atoms with van der Waals surface area (Å²) in [6.45, 7) is 2.44. The van der Waals surface area contributed by atoms with Gasteiger partial charge in [-0.1, -0.05) is 6.92 Å². The van der Waals surface area contributed by atoms with Gasteiger partial charge in [0.2, 0.25) is 0 Å². The van der Waals surface area contributed by atoms with E-state index in [-0.39, 0.29) is 0 Å². The molecule has 11 heavy (non-hydrogen) atoms. The van der Waals surface area contributed by atoms with Crippen LogP contribution in [-0.2, 0) is 0 Å². The summed E-state index contributed by atoms with van der Waals surface area (Å²) in [7, 11) is 0. The Hall–Kier alpha value is 0.370. The fraction of sp³-hybridized carbons (Fsp3) is 1.00. The van der Waals surface area contributed by atoms with Crippen molar-refractivity contribution in [3.05, 3.63) is 0 Å². The zero-order valence-corrected chi connectivity index (χ0v) is 7.48. The number of alkyl halides is 5. The molecule has 0 aromatic rings. The van der Waals surface area contributed by atoms with Gasteiger partial charge in [0.25, 0.3) is 0 Å². The van der Waals surface area contributed by atoms with Crippen LogP contribution in [-0.4, -0.2) is 10.5 Å². The maximum Gasteiger partial charge on any atom is 0.397 e. The zero-order chi connectivity index (χ0) is 9.08. The van der Waals surface area contributed by atoms with E-state index < -0.39 is 21.8 Å². The van der Waals surface area contributed by atoms with E-state index in [1.54, 1.807) is 0 Å². The van der Waals surface area contributed by atoms with Crippen molar-refractivity contribution in [2.45, 2.75) is 24.4 Å². The summed E-state index contributed by atoms with van der Waals surface area (Å²) in [4.78, 5) is 0. The molecule has 0 bridgehead atoms. The summed E-state index contributed by atoms with van der Waals surface area (Å²) in [6, 6.07) is 0. The molecular weight excluding hydrogens is 200 g/mol. The molecule has 0 nitrogen and oxygen atoms in total. The minimum Gasteiger partial charge on any atom is -0.170 e. The molecular formula is C6H7Cl2F3. The second-order valence-electron chi connectivity index (χ2n) is 3.04. The molecule has 0 radical (unpaired) electrons. The van der Waals surface area contributed by atoms with Crippen LogP contribution < -0.4 is 0 Å². The van der Waals surface area contributed by atoms with Crippen LogP contribution in [0.5, 0.6) is 0 Å². The molecule has 66 valence electrons. The molecule has 0 heterocycles. The van der Waals surface area contributed by atoms with Crippen molar-refractivity contribution in [2.24, 2.45) is 11.3 Å². The molecule has 0 aromatic carbocycles. The van der Waals surface area contributed by atoms with E-state index in [0.717, 1.165) is 6.92 Å². The highest BCUT2D eigenvalue weighted by Crippen LogP contribution is 2.74. The third-order valence-electron chi connectivity index (χ3n) is 2.61. The maximum absolute atomic E-state index is 12.2. The van der Waals surface area contributed by atoms with Crippen molar-refractivity contribution in [3.8, 4) is 0 Å². The molecule has 1 rings (SSSR count). The van der Waals surface area contributed by atoms with Gasteiger partial charge in [-0.25, -0.2) is 0 Å². The van der Waals surface area contributed by atoms with Gasteiger partial charge in [0.15, 0.2) is 0 Å². The summed E-state index contributed by atoms with van der Waals surface area (Å²) in [5.41, 5.74) is -1.93. The van der Waals surface area contributed by atoms with Crippen LogP contribution in [0.25, 0.3) is 0 Å². The number of hydrogen-bond acceptors (Lipinski definition) is 0. The molecule has 0 amide bonds. The van der Waals surface area contributed by atoms with Crippen molar-refractivity contribution in [1.82, 2.24) is 0 Å². The summed E-state index contributed by atoms with van der Waals surface area (Å²) in [5, 5.41) is 0. The molecule has 1 aliphatic carbocycles. The highest BCUT2D eigenvalue weighted by Gasteiger charge is 2.82. The Bertz CT molecular complexity index is 175. The van der Waals surface area contributed by atoms with E-state index >= 15 is 0 Å². The highest BCUT2D eigenvalue weighted by molar-refractivity contribution is 6.51. The van der Waals surface area contributed by atoms with Crippen molar-refractivity contribution in [2.75, 3.05) is 0 Å². The van der Waals surface area contributed by atoms with Crippen LogP contribution in [0.15, 0.2) is 0 Å². The molecule has 0 saturated heterocycles. The van der Waals surface area contributed by atoms with E-state index in [9.17, 15) is 13.2 Å². The van der Waals surface area contributed by atoms with Crippen LogP contribution in [0.3, 0.4) is 0 Å². The first-order valence-corrected chi connectivity index (χ1v) is 3.86. The fourth-order valence-electron chi connectivity index (χ4n) is 1.17. The summed E-state index contributed by atoms with van der Waals surface area (Å²) >= 11 is 10.9. The zero-order valence-electron chi connectivity index (χ0n) is 5.97. The van der Waals surface area contributed by atoms with Gasteiger partial charge in [0, 0.05) is 5.92 Å². The summed E-state index contributed by atoms with van der Waals surface area (Å²) in [5.74, 6) is -0.724. The van der Waals surface area contributed by atoms with Gasteiger partial charge < -0.3 is 0 Å². The lowest BCUT2D eigenvalue weighted by molar-refractivity contribution is -0.186. The highest BCUT2D eigenvalue weighted by atomic mass is 35.5. The molecule has 2 atom stereocenters. The van der Waals surface area contributed by atoms with Crippen LogP contribution in [0.2, 0.25) is 0 Å². The lowest BCUT2D eigenvalue weighted by Gasteiger charge is -2.15. The molecule has 1 fully saturated rings. The van der Waals surface area contributed by atoms with Crippen LogP contribution in [0.1, 0.15) is 13.8 Å². The maximum atomic E-state index is 12.2. The first kappa shape index (κ1) is 9.46. The molecule has 0 aliphatic heterocycles. The van der Waals surface area contributed by atoms with Crippen LogP contribution in [0.4, 0.5) is 13.2 Å². The predicted octanol–water partition coefficient (Wildman–Crippen LogP) is 3.38. The normalized spacial score (nSPS) is 42.3. The second-order valence-corrected chi connectivity index (χ2v) is 4.43. The molecule has 0 N–H and O–H groups in total. The fourth-order valence-corrected chi connectivity index (χ4v) is 2.04. The van der Waals surface area contributed by atoms with Gasteiger partial charge >= 0.3 is 6.18 Å². The first-order valence-electron chi connectivity index (χ1n) is 3.10. The van der Waals surface area contributed by atoms with E-state index in [0.29, 0.717) is 0 Å². The van der Waals surface area contributed by atoms with Gasteiger partial charge in [-0.05, 0) is 6.92 Å². The Balaban J connectivity index is 2.92. The lowest BCUT2D eigenvalue weighted by Crippen LogP contribution is -2.26. The van der Waals surface area contributed by atoms with Crippen LogP contribution in [0, 0.1) is 11.3 Å². The molecule has 5 heteroatoms. The summed E-state index contributed by atoms with van der Waals surface area (Å²) < 4.78 is 35.0. The molecule has 1 saturated carbocycles. The number of hydrogen-bond donors (Lipinski definition) is 0. The monoisotopic (exact) mass is 206 g/mol. The van der Waals surface area contributed by atoms with E-state index in [1.807, 2.05) is 0 Å². The molecule has 0 spiro atoms. The smallest absolute Gasteiger partial charge is 0.170 e. The SMILES string of the molecule is CC1C(Cl)(Cl)C1(C)C(F)(F)F. The average molecular weight is 207 g/mol. The van der Waals surface area contributed by atoms with E-state index in [4.69, 9.17) is 23.2 Å². The summed E-state index contributed by atoms with van der Waals surface area (Å²) in [6.07, 6.45) is -4.31. The Morgan fingerprint density at radius 3 is 1.55 bits per heavy atom. The van der Waals surface area contributed by atoms with Crippen LogP contribution >= 0.6 is 23.2 Å². The van der Waals surface area contributed by atoms with Gasteiger partial charge in [-0.2, -0.15) is 13.2 Å². The van der Waals surface area contributed by atoms with E-state index in [1.165, 1.54) is 6.92 Å². The minimum absolute atomic E-state index is 0.724. The Kier molecular flexibility index (Phi) is 1.71. The first-order chi connectivity index (χ1) is 4.65. The van der Waals surface area contributed by atoms with Crippen molar-refractivity contribution in [1.29, 1.82) is 0 Å². The van der Waals surface area contributed by atoms with Gasteiger partial charge in [0.05, 0.1) is 0 Å². The quantitative estimate of drug-likeness (QED) is 0.534. The average Bonchev–Trinajstić information content (AvgIpc) is 2.14. The Morgan fingerprint density at radius 2 is 1.55 bits per heavy atom. The topological polar surface area (TPSA) is 0 Å². The minimum atomic E-state index is -4.31. The number of halogens is 5. The molecule has 0 aromatic heterocycles. The van der Waals surface area contributed by atoms with Gasteiger partial charge in [-0.15, -0.1) is 23.2 Å². The third-order valence-corrected chi connectivity index (χ3v) is 4.05. The Labute approximate surface area is 72.7 Å². The van der Waals surface area contributed by atoms with E-state index in [2.05, 4.69) is 0 Å². The van der Waals surface area contributed by atoms with Crippen molar-refractivity contribution >= 4 is 23.2 Å². The molecule has 2 unspecified atom stereocenters. The second kappa shape index (κ2) is 1.99. The van der Waals surface area contributed by atoms with Gasteiger partial charge in [0.1, 0.15) is 9.75 Å². The van der Waals surface area contributed by atoms with Crippen molar-refractivity contribution < 1.29 is 13.2 Å². The van der Waals surface area contributed by atoms with Gasteiger partial charge in [-0.3, -0.25) is 0 Å². The standard InChI is InChI=1S/C6H7Cl2F3/c1-3-4(2,5(3,7)8)6(9,10)11/h3H,1-2H3. The largest absolute Gasteiger partial charge is 0.397 e. The molecule has 1 aliphatic rings. The number of rotatable bonds is 0. The third kappa shape index (κ3) is 0.903. The van der Waals surface area contributed by atoms with Crippen molar-refractivity contribution in [3.63, 3.8) is 0 Å². The lowest BCUT2D eigenvalue weighted by atomic mass is 10.1. The predicted molar refractivity (Wildman–Crippen MR) is 37.8 cm³/mol. The Morgan fingerprint density at radius 1 is 1.27 bits per heavy atom.